The van der Waals surface area contributed by atoms with E-state index in [9.17, 15) is 9.59 Å². The van der Waals surface area contributed by atoms with Crippen molar-refractivity contribution in [3.63, 3.8) is 0 Å². The quantitative estimate of drug-likeness (QED) is 0.850. The van der Waals surface area contributed by atoms with Crippen LogP contribution < -0.4 is 5.73 Å². The summed E-state index contributed by atoms with van der Waals surface area (Å²) in [4.78, 5) is 28.3. The molecule has 2 N–H and O–H groups in total. The molecule has 1 atom stereocenters. The molecular weight excluding hydrogens is 366 g/mol. The zero-order chi connectivity index (χ0) is 18.4. The number of hydrogen-bond acceptors (Lipinski definition) is 4. The number of carbonyl (C=O) groups excluding carboxylic acids is 2. The van der Waals surface area contributed by atoms with Crippen molar-refractivity contribution in [2.45, 2.75) is 44.8 Å². The van der Waals surface area contributed by atoms with Crippen molar-refractivity contribution >= 4 is 24.4 Å². The van der Waals surface area contributed by atoms with Gasteiger partial charge in [-0.05, 0) is 37.2 Å². The van der Waals surface area contributed by atoms with Gasteiger partial charge in [0, 0.05) is 38.6 Å². The first-order valence-corrected chi connectivity index (χ1v) is 9.61. The Kier molecular flexibility index (Phi) is 8.38. The normalized spacial score (nSPS) is 20.7. The zero-order valence-electron chi connectivity index (χ0n) is 15.7. The Labute approximate surface area is 167 Å². The zero-order valence-corrected chi connectivity index (χ0v) is 16.5. The number of rotatable bonds is 4. The summed E-state index contributed by atoms with van der Waals surface area (Å²) in [6.07, 6.45) is 4.02. The molecule has 0 bridgehead atoms. The van der Waals surface area contributed by atoms with Gasteiger partial charge in [-0.15, -0.1) is 12.4 Å². The molecular formula is C20H30ClN3O3. The lowest BCUT2D eigenvalue weighted by molar-refractivity contribution is -0.133. The Balaban J connectivity index is 0.00000261. The molecule has 0 unspecified atom stereocenters. The van der Waals surface area contributed by atoms with E-state index < -0.39 is 0 Å². The summed E-state index contributed by atoms with van der Waals surface area (Å²) in [6, 6.07) is 9.81. The number of carbonyl (C=O) groups is 2. The molecule has 0 radical (unpaired) electrons. The number of benzene rings is 1. The van der Waals surface area contributed by atoms with Crippen LogP contribution in [0.3, 0.4) is 0 Å². The molecule has 0 aliphatic carbocycles. The van der Waals surface area contributed by atoms with E-state index in [1.54, 1.807) is 4.90 Å². The van der Waals surface area contributed by atoms with Crippen LogP contribution in [0.15, 0.2) is 30.3 Å². The van der Waals surface area contributed by atoms with E-state index in [1.807, 2.05) is 35.2 Å². The fourth-order valence-electron chi connectivity index (χ4n) is 3.74. The lowest BCUT2D eigenvalue weighted by atomic mass is 9.92. The van der Waals surface area contributed by atoms with Crippen LogP contribution in [0.1, 0.15) is 37.7 Å². The molecule has 2 aliphatic heterocycles. The van der Waals surface area contributed by atoms with Crippen LogP contribution in [0.4, 0.5) is 4.79 Å². The van der Waals surface area contributed by atoms with E-state index in [1.165, 1.54) is 0 Å². The summed E-state index contributed by atoms with van der Waals surface area (Å²) in [5.74, 6) is 0.559. The lowest BCUT2D eigenvalue weighted by Crippen LogP contribution is -2.46. The Morgan fingerprint density at radius 3 is 2.41 bits per heavy atom. The Hall–Kier alpha value is -1.79. The van der Waals surface area contributed by atoms with Gasteiger partial charge in [-0.3, -0.25) is 4.79 Å². The van der Waals surface area contributed by atoms with Crippen molar-refractivity contribution in [2.75, 3.05) is 26.2 Å². The minimum absolute atomic E-state index is 0. The average Bonchev–Trinajstić information content (AvgIpc) is 2.67. The molecule has 1 aromatic carbocycles. The van der Waals surface area contributed by atoms with Crippen molar-refractivity contribution < 1.29 is 14.3 Å². The average molecular weight is 396 g/mol. The molecule has 0 aromatic heterocycles. The van der Waals surface area contributed by atoms with Crippen LogP contribution in [-0.4, -0.2) is 54.0 Å². The number of ether oxygens (including phenoxy) is 1. The van der Waals surface area contributed by atoms with Gasteiger partial charge in [0.1, 0.15) is 6.61 Å². The number of piperidine rings is 2. The van der Waals surface area contributed by atoms with Gasteiger partial charge in [0.2, 0.25) is 5.91 Å². The molecule has 27 heavy (non-hydrogen) atoms. The fraction of sp³-hybridized carbons (Fsp3) is 0.600. The van der Waals surface area contributed by atoms with Crippen LogP contribution >= 0.6 is 12.4 Å². The van der Waals surface area contributed by atoms with Crippen molar-refractivity contribution in [3.8, 4) is 0 Å². The maximum absolute atomic E-state index is 12.5. The van der Waals surface area contributed by atoms with E-state index in [4.69, 9.17) is 10.5 Å². The third kappa shape index (κ3) is 6.40. The highest BCUT2D eigenvalue weighted by molar-refractivity contribution is 5.85. The Morgan fingerprint density at radius 1 is 1.04 bits per heavy atom. The summed E-state index contributed by atoms with van der Waals surface area (Å²) < 4.78 is 5.39. The second kappa shape index (κ2) is 10.5. The molecule has 1 aromatic rings. The molecule has 2 saturated heterocycles. The fourth-order valence-corrected chi connectivity index (χ4v) is 3.74. The van der Waals surface area contributed by atoms with E-state index in [0.717, 1.165) is 37.8 Å². The molecule has 2 fully saturated rings. The predicted octanol–water partition coefficient (Wildman–Crippen LogP) is 2.80. The molecule has 3 rings (SSSR count). The summed E-state index contributed by atoms with van der Waals surface area (Å²) in [6.45, 7) is 3.13. The largest absolute Gasteiger partial charge is 0.445 e. The van der Waals surface area contributed by atoms with Gasteiger partial charge in [-0.2, -0.15) is 0 Å². The minimum atomic E-state index is -0.263. The minimum Gasteiger partial charge on any atom is -0.445 e. The first-order chi connectivity index (χ1) is 12.6. The van der Waals surface area contributed by atoms with Crippen LogP contribution in [0, 0.1) is 5.92 Å². The summed E-state index contributed by atoms with van der Waals surface area (Å²) in [5.41, 5.74) is 6.95. The van der Waals surface area contributed by atoms with Gasteiger partial charge in [0.25, 0.3) is 0 Å². The molecule has 2 heterocycles. The van der Waals surface area contributed by atoms with E-state index in [0.29, 0.717) is 38.6 Å². The van der Waals surface area contributed by atoms with Gasteiger partial charge >= 0.3 is 6.09 Å². The number of halogens is 1. The van der Waals surface area contributed by atoms with Crippen molar-refractivity contribution in [3.05, 3.63) is 35.9 Å². The van der Waals surface area contributed by atoms with Crippen LogP contribution in [0.5, 0.6) is 0 Å². The third-order valence-corrected chi connectivity index (χ3v) is 5.35. The molecule has 6 nitrogen and oxygen atoms in total. The van der Waals surface area contributed by atoms with Crippen LogP contribution in [-0.2, 0) is 16.1 Å². The third-order valence-electron chi connectivity index (χ3n) is 5.35. The number of nitrogens with two attached hydrogens (primary N) is 1. The first kappa shape index (κ1) is 21.5. The topological polar surface area (TPSA) is 75.9 Å². The predicted molar refractivity (Wildman–Crippen MR) is 107 cm³/mol. The summed E-state index contributed by atoms with van der Waals surface area (Å²) in [5, 5.41) is 0. The molecule has 150 valence electrons. The first-order valence-electron chi connectivity index (χ1n) is 9.61. The van der Waals surface area contributed by atoms with Gasteiger partial charge in [-0.25, -0.2) is 4.79 Å². The molecule has 0 spiro atoms. The summed E-state index contributed by atoms with van der Waals surface area (Å²) >= 11 is 0. The molecule has 0 saturated carbocycles. The summed E-state index contributed by atoms with van der Waals surface area (Å²) in [7, 11) is 0. The van der Waals surface area contributed by atoms with E-state index in [-0.39, 0.29) is 30.4 Å². The smallest absolute Gasteiger partial charge is 0.410 e. The Morgan fingerprint density at radius 2 is 1.74 bits per heavy atom. The highest BCUT2D eigenvalue weighted by Crippen LogP contribution is 2.23. The second-order valence-corrected chi connectivity index (χ2v) is 7.42. The maximum Gasteiger partial charge on any atom is 0.410 e. The Bertz CT molecular complexity index is 606. The molecule has 2 amide bonds. The van der Waals surface area contributed by atoms with Crippen LogP contribution in [0.25, 0.3) is 0 Å². The molecule has 7 heteroatoms. The van der Waals surface area contributed by atoms with E-state index >= 15 is 0 Å². The van der Waals surface area contributed by atoms with Crippen molar-refractivity contribution in [2.24, 2.45) is 11.7 Å². The second-order valence-electron chi connectivity index (χ2n) is 7.42. The van der Waals surface area contributed by atoms with E-state index in [2.05, 4.69) is 0 Å². The number of nitrogens with zero attached hydrogens (tertiary/aromatic N) is 2. The number of hydrogen-bond donors (Lipinski definition) is 1. The maximum atomic E-state index is 12.5. The standard InChI is InChI=1S/C20H29N3O3.ClH/c21-18-7-4-10-23(14-18)19(24)13-16-8-11-22(12-9-16)20(25)26-15-17-5-2-1-3-6-17;/h1-3,5-6,16,18H,4,7-15,21H2;1H/t18-;/m0./s1. The SMILES string of the molecule is Cl.N[C@H]1CCCN(C(=O)CC2CCN(C(=O)OCc3ccccc3)CC2)C1. The van der Waals surface area contributed by atoms with Gasteiger partial charge in [0.05, 0.1) is 0 Å². The number of likely N-dealkylation sites (tertiary alicyclic amines) is 2. The highest BCUT2D eigenvalue weighted by Gasteiger charge is 2.28. The number of amides is 2. The van der Waals surface area contributed by atoms with Crippen molar-refractivity contribution in [1.29, 1.82) is 0 Å². The monoisotopic (exact) mass is 395 g/mol. The van der Waals surface area contributed by atoms with Gasteiger partial charge in [-0.1, -0.05) is 30.3 Å². The molecule has 2 aliphatic rings. The highest BCUT2D eigenvalue weighted by atomic mass is 35.5. The lowest BCUT2D eigenvalue weighted by Gasteiger charge is -2.34. The van der Waals surface area contributed by atoms with Crippen LogP contribution in [0.2, 0.25) is 0 Å². The van der Waals surface area contributed by atoms with Crippen molar-refractivity contribution in [1.82, 2.24) is 9.80 Å². The van der Waals surface area contributed by atoms with Gasteiger partial charge < -0.3 is 20.3 Å². The van der Waals surface area contributed by atoms with Gasteiger partial charge in [0.15, 0.2) is 0 Å².